The summed E-state index contributed by atoms with van der Waals surface area (Å²) in [5.74, 6) is -0.282. The van der Waals surface area contributed by atoms with Crippen molar-refractivity contribution < 1.29 is 27.5 Å². The topological polar surface area (TPSA) is 105 Å². The Balaban J connectivity index is 1.75. The average Bonchev–Trinajstić information content (AvgIpc) is 3.03. The molecule has 3 aromatic carbocycles. The van der Waals surface area contributed by atoms with Crippen LogP contribution in [0.5, 0.6) is 11.5 Å². The summed E-state index contributed by atoms with van der Waals surface area (Å²) in [4.78, 5) is 29.2. The van der Waals surface area contributed by atoms with Crippen molar-refractivity contribution in [2.45, 2.75) is 69.5 Å². The number of nitrogens with zero attached hydrogens (tertiary/aromatic N) is 2. The van der Waals surface area contributed by atoms with E-state index in [0.29, 0.717) is 21.4 Å². The largest absolute Gasteiger partial charge is 0.493 e. The third-order valence-electron chi connectivity index (χ3n) is 8.05. The highest BCUT2D eigenvalue weighted by molar-refractivity contribution is 7.92. The minimum Gasteiger partial charge on any atom is -0.493 e. The summed E-state index contributed by atoms with van der Waals surface area (Å²) in [6.07, 6.45) is 4.90. The van der Waals surface area contributed by atoms with Gasteiger partial charge in [-0.05, 0) is 63.1 Å². The number of carbonyl (C=O) groups is 2. The number of sulfonamides is 1. The van der Waals surface area contributed by atoms with Gasteiger partial charge in [0.25, 0.3) is 10.0 Å². The molecule has 1 saturated carbocycles. The second-order valence-electron chi connectivity index (χ2n) is 11.1. The molecule has 9 nitrogen and oxygen atoms in total. The molecule has 242 valence electrons. The van der Waals surface area contributed by atoms with Crippen molar-refractivity contribution in [3.05, 3.63) is 81.8 Å². The van der Waals surface area contributed by atoms with Crippen LogP contribution in [0.4, 0.5) is 5.69 Å². The molecule has 0 unspecified atom stereocenters. The van der Waals surface area contributed by atoms with Gasteiger partial charge in [0, 0.05) is 34.3 Å². The van der Waals surface area contributed by atoms with Crippen molar-refractivity contribution >= 4 is 50.7 Å². The molecule has 0 radical (unpaired) electrons. The Hall–Kier alpha value is -3.47. The number of carbonyl (C=O) groups excluding carboxylic acids is 2. The molecule has 45 heavy (non-hydrogen) atoms. The molecule has 4 rings (SSSR count). The minimum atomic E-state index is -4.27. The Morgan fingerprint density at radius 1 is 0.933 bits per heavy atom. The molecule has 1 aliphatic rings. The third kappa shape index (κ3) is 8.23. The first-order valence-electron chi connectivity index (χ1n) is 14.8. The van der Waals surface area contributed by atoms with Gasteiger partial charge in [-0.3, -0.25) is 13.9 Å². The Morgan fingerprint density at radius 2 is 1.56 bits per heavy atom. The van der Waals surface area contributed by atoms with Crippen molar-refractivity contribution in [3.63, 3.8) is 0 Å². The Morgan fingerprint density at radius 3 is 2.16 bits per heavy atom. The Kier molecular flexibility index (Phi) is 11.6. The first kappa shape index (κ1) is 34.4. The fourth-order valence-electron chi connectivity index (χ4n) is 5.35. The number of hydrogen-bond acceptors (Lipinski definition) is 6. The molecule has 0 saturated heterocycles. The molecule has 1 fully saturated rings. The van der Waals surface area contributed by atoms with Crippen LogP contribution in [-0.4, -0.2) is 58.0 Å². The lowest BCUT2D eigenvalue weighted by Crippen LogP contribution is -2.53. The number of amides is 2. The van der Waals surface area contributed by atoms with Gasteiger partial charge in [-0.25, -0.2) is 8.42 Å². The van der Waals surface area contributed by atoms with E-state index in [2.05, 4.69) is 5.32 Å². The Bertz CT molecular complexity index is 1590. The van der Waals surface area contributed by atoms with Crippen molar-refractivity contribution in [1.82, 2.24) is 10.2 Å². The van der Waals surface area contributed by atoms with Crippen LogP contribution in [0.2, 0.25) is 10.0 Å². The van der Waals surface area contributed by atoms with Gasteiger partial charge in [-0.15, -0.1) is 0 Å². The normalized spacial score (nSPS) is 14.4. The lowest BCUT2D eigenvalue weighted by atomic mass is 9.95. The lowest BCUT2D eigenvalue weighted by molar-refractivity contribution is -0.139. The van der Waals surface area contributed by atoms with Crippen LogP contribution >= 0.6 is 23.2 Å². The molecule has 0 bridgehead atoms. The predicted octanol–water partition coefficient (Wildman–Crippen LogP) is 6.38. The zero-order valence-corrected chi connectivity index (χ0v) is 28.2. The molecule has 0 heterocycles. The van der Waals surface area contributed by atoms with E-state index in [0.717, 1.165) is 42.0 Å². The number of ether oxygens (including phenoxy) is 2. The van der Waals surface area contributed by atoms with E-state index in [4.69, 9.17) is 32.7 Å². The third-order valence-corrected chi connectivity index (χ3v) is 10.5. The molecular formula is C33H39Cl2N3O6S. The maximum Gasteiger partial charge on any atom is 0.264 e. The summed E-state index contributed by atoms with van der Waals surface area (Å²) >= 11 is 13.0. The first-order chi connectivity index (χ1) is 21.5. The SMILES string of the molecule is COc1ccc(N(CC(=O)N(Cc2c(Cl)cccc2Cl)[C@@H](C)C(=O)NC2CCCCC2)S(=O)(=O)c2ccc(C)cc2)cc1OC. The number of nitrogens with one attached hydrogen (secondary N) is 1. The standard InChI is InChI=1S/C33H39Cl2N3O6S/c1-22-13-16-26(17-14-22)45(41,42)38(25-15-18-30(43-3)31(19-25)44-4)21-32(39)37(20-27-28(34)11-8-12-29(27)35)23(2)33(40)36-24-9-6-5-7-10-24/h8,11-19,23-24H,5-7,9-10,20-21H2,1-4H3,(H,36,40)/t23-/m0/s1. The summed E-state index contributed by atoms with van der Waals surface area (Å²) in [6, 6.07) is 15.0. The molecule has 12 heteroatoms. The van der Waals surface area contributed by atoms with Crippen LogP contribution in [-0.2, 0) is 26.2 Å². The molecule has 1 aliphatic carbocycles. The van der Waals surface area contributed by atoms with E-state index in [-0.39, 0.29) is 34.8 Å². The zero-order chi connectivity index (χ0) is 32.7. The number of halogens is 2. The van der Waals surface area contributed by atoms with E-state index in [1.165, 1.54) is 43.4 Å². The fraction of sp³-hybridized carbons (Fsp3) is 0.394. The summed E-state index contributed by atoms with van der Waals surface area (Å²) in [7, 11) is -1.36. The van der Waals surface area contributed by atoms with Crippen molar-refractivity contribution in [3.8, 4) is 11.5 Å². The molecule has 0 aliphatic heterocycles. The van der Waals surface area contributed by atoms with Crippen LogP contribution in [0.1, 0.15) is 50.2 Å². The smallest absolute Gasteiger partial charge is 0.264 e. The summed E-state index contributed by atoms with van der Waals surface area (Å²) in [5.41, 5.74) is 1.51. The second-order valence-corrected chi connectivity index (χ2v) is 13.8. The van der Waals surface area contributed by atoms with Crippen molar-refractivity contribution in [1.29, 1.82) is 0 Å². The highest BCUT2D eigenvalue weighted by atomic mass is 35.5. The highest BCUT2D eigenvalue weighted by Gasteiger charge is 2.34. The number of hydrogen-bond donors (Lipinski definition) is 1. The molecule has 1 atom stereocenters. The van der Waals surface area contributed by atoms with Crippen molar-refractivity contribution in [2.75, 3.05) is 25.1 Å². The van der Waals surface area contributed by atoms with Gasteiger partial charge in [0.15, 0.2) is 11.5 Å². The van der Waals surface area contributed by atoms with Gasteiger partial charge in [0.05, 0.1) is 24.8 Å². The van der Waals surface area contributed by atoms with Gasteiger partial charge < -0.3 is 19.7 Å². The molecule has 3 aromatic rings. The second kappa shape index (κ2) is 15.2. The summed E-state index contributed by atoms with van der Waals surface area (Å²) in [5, 5.41) is 3.73. The van der Waals surface area contributed by atoms with Gasteiger partial charge >= 0.3 is 0 Å². The van der Waals surface area contributed by atoms with E-state index < -0.39 is 28.5 Å². The maximum atomic E-state index is 14.3. The number of methoxy groups -OCH3 is 2. The summed E-state index contributed by atoms with van der Waals surface area (Å²) < 4.78 is 40.1. The number of anilines is 1. The predicted molar refractivity (Wildman–Crippen MR) is 177 cm³/mol. The van der Waals surface area contributed by atoms with Crippen molar-refractivity contribution in [2.24, 2.45) is 0 Å². The summed E-state index contributed by atoms with van der Waals surface area (Å²) in [6.45, 7) is 2.75. The molecule has 0 aromatic heterocycles. The van der Waals surface area contributed by atoms with Gasteiger partial charge in [0.2, 0.25) is 11.8 Å². The van der Waals surface area contributed by atoms with Gasteiger partial charge in [0.1, 0.15) is 12.6 Å². The van der Waals surface area contributed by atoms with Crippen LogP contribution in [0.25, 0.3) is 0 Å². The van der Waals surface area contributed by atoms with E-state index in [9.17, 15) is 18.0 Å². The molecular weight excluding hydrogens is 637 g/mol. The monoisotopic (exact) mass is 675 g/mol. The van der Waals surface area contributed by atoms with E-state index in [1.807, 2.05) is 6.92 Å². The van der Waals surface area contributed by atoms with Crippen LogP contribution in [0.15, 0.2) is 65.6 Å². The van der Waals surface area contributed by atoms with Gasteiger partial charge in [-0.2, -0.15) is 0 Å². The quantitative estimate of drug-likeness (QED) is 0.239. The fourth-order valence-corrected chi connectivity index (χ4v) is 7.27. The maximum absolute atomic E-state index is 14.3. The molecule has 2 amide bonds. The number of rotatable bonds is 12. The van der Waals surface area contributed by atoms with Gasteiger partial charge in [-0.1, -0.05) is 66.2 Å². The van der Waals surface area contributed by atoms with Crippen LogP contribution in [0, 0.1) is 6.92 Å². The number of aryl methyl sites for hydroxylation is 1. The first-order valence-corrected chi connectivity index (χ1v) is 17.0. The average molecular weight is 677 g/mol. The van der Waals surface area contributed by atoms with Crippen LogP contribution in [0.3, 0.4) is 0 Å². The highest BCUT2D eigenvalue weighted by Crippen LogP contribution is 2.34. The van der Waals surface area contributed by atoms with E-state index >= 15 is 0 Å². The number of benzene rings is 3. The molecule has 0 spiro atoms. The zero-order valence-electron chi connectivity index (χ0n) is 25.9. The lowest BCUT2D eigenvalue weighted by Gasteiger charge is -2.33. The Labute approximate surface area is 275 Å². The van der Waals surface area contributed by atoms with E-state index in [1.54, 1.807) is 43.3 Å². The minimum absolute atomic E-state index is 0.000488. The van der Waals surface area contributed by atoms with Crippen LogP contribution < -0.4 is 19.1 Å². The molecule has 1 N–H and O–H groups in total.